The SMILES string of the molecule is Cc1ccc(N)c(C(=O)O)c1.OCCCCCCOc1ccccc1. The highest BCUT2D eigenvalue weighted by Crippen LogP contribution is 2.13. The van der Waals surface area contributed by atoms with Gasteiger partial charge in [-0.25, -0.2) is 4.79 Å². The number of nitrogens with two attached hydrogens (primary N) is 1. The van der Waals surface area contributed by atoms with Crippen molar-refractivity contribution in [3.8, 4) is 5.75 Å². The van der Waals surface area contributed by atoms with Gasteiger partial charge in [0.15, 0.2) is 0 Å². The Labute approximate surface area is 149 Å². The molecule has 0 aromatic heterocycles. The van der Waals surface area contributed by atoms with Crippen LogP contribution in [0.3, 0.4) is 0 Å². The third kappa shape index (κ3) is 8.77. The van der Waals surface area contributed by atoms with E-state index in [9.17, 15) is 4.79 Å². The third-order valence-corrected chi connectivity index (χ3v) is 3.50. The molecule has 0 spiro atoms. The molecule has 2 aromatic rings. The van der Waals surface area contributed by atoms with E-state index in [0.29, 0.717) is 12.3 Å². The van der Waals surface area contributed by atoms with Crippen molar-refractivity contribution < 1.29 is 19.7 Å². The van der Waals surface area contributed by atoms with Crippen LogP contribution in [0, 0.1) is 6.92 Å². The summed E-state index contributed by atoms with van der Waals surface area (Å²) in [4.78, 5) is 10.5. The average molecular weight is 345 g/mol. The van der Waals surface area contributed by atoms with Gasteiger partial charge in [-0.15, -0.1) is 0 Å². The molecule has 0 atom stereocenters. The van der Waals surface area contributed by atoms with Crippen molar-refractivity contribution in [3.63, 3.8) is 0 Å². The summed E-state index contributed by atoms with van der Waals surface area (Å²) in [5.41, 5.74) is 6.79. The molecule has 0 saturated carbocycles. The van der Waals surface area contributed by atoms with E-state index in [1.165, 1.54) is 0 Å². The number of rotatable bonds is 8. The Balaban J connectivity index is 0.000000257. The van der Waals surface area contributed by atoms with E-state index in [1.807, 2.05) is 37.3 Å². The highest BCUT2D eigenvalue weighted by Gasteiger charge is 2.06. The first kappa shape index (κ1) is 20.5. The van der Waals surface area contributed by atoms with Gasteiger partial charge in [-0.05, 0) is 50.5 Å². The van der Waals surface area contributed by atoms with Crippen LogP contribution in [0.4, 0.5) is 5.69 Å². The van der Waals surface area contributed by atoms with Crippen molar-refractivity contribution in [2.24, 2.45) is 0 Å². The molecule has 0 unspecified atom stereocenters. The van der Waals surface area contributed by atoms with Crippen molar-refractivity contribution in [1.29, 1.82) is 0 Å². The maximum atomic E-state index is 10.5. The van der Waals surface area contributed by atoms with Crippen LogP contribution in [0.25, 0.3) is 0 Å². The lowest BCUT2D eigenvalue weighted by Gasteiger charge is -2.04. The van der Waals surface area contributed by atoms with Crippen LogP contribution in [0.15, 0.2) is 48.5 Å². The van der Waals surface area contributed by atoms with Gasteiger partial charge in [0.25, 0.3) is 0 Å². The molecule has 136 valence electrons. The van der Waals surface area contributed by atoms with E-state index < -0.39 is 5.97 Å². The Morgan fingerprint density at radius 2 is 1.72 bits per heavy atom. The minimum absolute atomic E-state index is 0.171. The second kappa shape index (κ2) is 11.9. The predicted octanol–water partition coefficient (Wildman–Crippen LogP) is 3.89. The van der Waals surface area contributed by atoms with Crippen LogP contribution in [-0.4, -0.2) is 29.4 Å². The topological polar surface area (TPSA) is 92.8 Å². The molecule has 0 bridgehead atoms. The van der Waals surface area contributed by atoms with Gasteiger partial charge in [0.05, 0.1) is 12.2 Å². The molecule has 0 saturated heterocycles. The third-order valence-electron chi connectivity index (χ3n) is 3.50. The zero-order valence-electron chi connectivity index (χ0n) is 14.6. The Kier molecular flexibility index (Phi) is 9.78. The monoisotopic (exact) mass is 345 g/mol. The molecule has 0 fully saturated rings. The van der Waals surface area contributed by atoms with Crippen molar-refractivity contribution in [2.45, 2.75) is 32.6 Å². The first-order valence-corrected chi connectivity index (χ1v) is 8.42. The number of carbonyl (C=O) groups is 1. The molecule has 2 aromatic carbocycles. The molecule has 0 aliphatic heterocycles. The fourth-order valence-electron chi connectivity index (χ4n) is 2.13. The summed E-state index contributed by atoms with van der Waals surface area (Å²) in [5.74, 6) is -0.0409. The number of ether oxygens (including phenoxy) is 1. The fourth-order valence-corrected chi connectivity index (χ4v) is 2.13. The number of unbranched alkanes of at least 4 members (excludes halogenated alkanes) is 3. The zero-order chi connectivity index (χ0) is 18.5. The first-order chi connectivity index (χ1) is 12.0. The van der Waals surface area contributed by atoms with E-state index in [2.05, 4.69) is 0 Å². The Hall–Kier alpha value is -2.53. The molecule has 2 rings (SSSR count). The van der Waals surface area contributed by atoms with Crippen molar-refractivity contribution >= 4 is 11.7 Å². The number of hydrogen-bond acceptors (Lipinski definition) is 4. The number of aliphatic hydroxyl groups excluding tert-OH is 1. The second-order valence-electron chi connectivity index (χ2n) is 5.70. The molecule has 25 heavy (non-hydrogen) atoms. The molecule has 0 amide bonds. The molecule has 0 heterocycles. The van der Waals surface area contributed by atoms with E-state index in [-0.39, 0.29) is 5.56 Å². The second-order valence-corrected chi connectivity index (χ2v) is 5.70. The van der Waals surface area contributed by atoms with Crippen molar-refractivity contribution in [3.05, 3.63) is 59.7 Å². The van der Waals surface area contributed by atoms with E-state index in [1.54, 1.807) is 18.2 Å². The number of benzene rings is 2. The summed E-state index contributed by atoms with van der Waals surface area (Å²) < 4.78 is 5.52. The number of aryl methyl sites for hydroxylation is 1. The van der Waals surface area contributed by atoms with Gasteiger partial charge < -0.3 is 20.7 Å². The molecule has 0 aliphatic rings. The van der Waals surface area contributed by atoms with E-state index in [4.69, 9.17) is 20.7 Å². The lowest BCUT2D eigenvalue weighted by molar-refractivity contribution is 0.0698. The van der Waals surface area contributed by atoms with Gasteiger partial charge in [0.2, 0.25) is 0 Å². The standard InChI is InChI=1S/C12H18O2.C8H9NO2/c13-10-6-1-2-7-11-14-12-8-4-3-5-9-12;1-5-2-3-7(9)6(4-5)8(10)11/h3-5,8-9,13H,1-2,6-7,10-11H2;2-4H,9H2,1H3,(H,10,11). The van der Waals surface area contributed by atoms with Gasteiger partial charge in [-0.1, -0.05) is 36.2 Å². The summed E-state index contributed by atoms with van der Waals surface area (Å²) in [7, 11) is 0. The lowest BCUT2D eigenvalue weighted by atomic mass is 10.1. The average Bonchev–Trinajstić information content (AvgIpc) is 2.61. The quantitative estimate of drug-likeness (QED) is 0.498. The van der Waals surface area contributed by atoms with Gasteiger partial charge in [0, 0.05) is 12.3 Å². The van der Waals surface area contributed by atoms with Crippen LogP contribution in [-0.2, 0) is 0 Å². The molecular weight excluding hydrogens is 318 g/mol. The predicted molar refractivity (Wildman–Crippen MR) is 100 cm³/mol. The number of nitrogen functional groups attached to an aromatic ring is 1. The van der Waals surface area contributed by atoms with Crippen LogP contribution >= 0.6 is 0 Å². The van der Waals surface area contributed by atoms with Crippen LogP contribution in [0.5, 0.6) is 5.75 Å². The van der Waals surface area contributed by atoms with Crippen LogP contribution < -0.4 is 10.5 Å². The maximum absolute atomic E-state index is 10.5. The molecule has 0 radical (unpaired) electrons. The minimum Gasteiger partial charge on any atom is -0.494 e. The zero-order valence-corrected chi connectivity index (χ0v) is 14.6. The molecule has 4 N–H and O–H groups in total. The number of aliphatic hydroxyl groups is 1. The normalized spacial score (nSPS) is 9.84. The van der Waals surface area contributed by atoms with Gasteiger partial charge in [0.1, 0.15) is 5.75 Å². The van der Waals surface area contributed by atoms with E-state index >= 15 is 0 Å². The van der Waals surface area contributed by atoms with Crippen molar-refractivity contribution in [2.75, 3.05) is 18.9 Å². The number of carboxylic acid groups (broad SMARTS) is 1. The lowest BCUT2D eigenvalue weighted by Crippen LogP contribution is -2.02. The van der Waals surface area contributed by atoms with Crippen LogP contribution in [0.1, 0.15) is 41.6 Å². The summed E-state index contributed by atoms with van der Waals surface area (Å²) in [6.45, 7) is 2.90. The van der Waals surface area contributed by atoms with Crippen LogP contribution in [0.2, 0.25) is 0 Å². The summed E-state index contributed by atoms with van der Waals surface area (Å²) in [6, 6.07) is 14.8. The summed E-state index contributed by atoms with van der Waals surface area (Å²) in [5, 5.41) is 17.2. The highest BCUT2D eigenvalue weighted by molar-refractivity contribution is 5.93. The number of carboxylic acids is 1. The molecular formula is C20H27NO4. The summed E-state index contributed by atoms with van der Waals surface area (Å²) >= 11 is 0. The Morgan fingerprint density at radius 1 is 1.04 bits per heavy atom. The fraction of sp³-hybridized carbons (Fsp3) is 0.350. The Bertz CT molecular complexity index is 629. The highest BCUT2D eigenvalue weighted by atomic mass is 16.5. The smallest absolute Gasteiger partial charge is 0.337 e. The number of aromatic carboxylic acids is 1. The van der Waals surface area contributed by atoms with Gasteiger partial charge in [-0.3, -0.25) is 0 Å². The molecule has 0 aliphatic carbocycles. The first-order valence-electron chi connectivity index (χ1n) is 8.42. The number of anilines is 1. The number of para-hydroxylation sites is 1. The maximum Gasteiger partial charge on any atom is 0.337 e. The number of hydrogen-bond donors (Lipinski definition) is 3. The van der Waals surface area contributed by atoms with E-state index in [0.717, 1.165) is 43.6 Å². The Morgan fingerprint density at radius 3 is 2.32 bits per heavy atom. The molecule has 5 nitrogen and oxygen atoms in total. The summed E-state index contributed by atoms with van der Waals surface area (Å²) in [6.07, 6.45) is 4.20. The van der Waals surface area contributed by atoms with Crippen molar-refractivity contribution in [1.82, 2.24) is 0 Å². The largest absolute Gasteiger partial charge is 0.494 e. The van der Waals surface area contributed by atoms with Gasteiger partial charge >= 0.3 is 5.97 Å². The van der Waals surface area contributed by atoms with Gasteiger partial charge in [-0.2, -0.15) is 0 Å². The minimum atomic E-state index is -0.980. The molecule has 5 heteroatoms.